The molecule has 0 aliphatic carbocycles. The lowest BCUT2D eigenvalue weighted by Crippen LogP contribution is -2.34. The lowest BCUT2D eigenvalue weighted by molar-refractivity contribution is -0.132. The lowest BCUT2D eigenvalue weighted by Gasteiger charge is -2.27. The first kappa shape index (κ1) is 17.9. The number of sulfonamides is 1. The molecule has 0 saturated heterocycles. The summed E-state index contributed by atoms with van der Waals surface area (Å²) in [5.41, 5.74) is -1.55. The van der Waals surface area contributed by atoms with E-state index in [1.807, 2.05) is 0 Å². The number of aliphatic hydroxyl groups is 1. The Morgan fingerprint density at radius 2 is 1.83 bits per heavy atom. The Hall–Kier alpha value is -1.44. The van der Waals surface area contributed by atoms with Crippen molar-refractivity contribution in [2.45, 2.75) is 19.4 Å². The number of carbonyl (C=O) groups is 1. The van der Waals surface area contributed by atoms with E-state index in [1.54, 1.807) is 6.07 Å². The number of hydrogen-bond acceptors (Lipinski definition) is 5. The van der Waals surface area contributed by atoms with Gasteiger partial charge in [0.1, 0.15) is 0 Å². The van der Waals surface area contributed by atoms with Gasteiger partial charge in [-0.25, -0.2) is 12.7 Å². The van der Waals surface area contributed by atoms with E-state index >= 15 is 0 Å². The number of hydrogen-bond donors (Lipinski definition) is 1. The van der Waals surface area contributed by atoms with Gasteiger partial charge in [0.2, 0.25) is 21.4 Å². The predicted octanol–water partition coefficient (Wildman–Crippen LogP) is 2.82. The first-order valence-corrected chi connectivity index (χ1v) is 9.01. The summed E-state index contributed by atoms with van der Waals surface area (Å²) in [6.45, 7) is 2.81. The fraction of sp³-hybridized carbons (Fsp3) is 0.357. The van der Waals surface area contributed by atoms with Crippen molar-refractivity contribution in [3.63, 3.8) is 0 Å². The maximum Gasteiger partial charge on any atom is 0.251 e. The number of ether oxygens (including phenoxy) is 1. The summed E-state index contributed by atoms with van der Waals surface area (Å²) >= 11 is 12.2. The summed E-state index contributed by atoms with van der Waals surface area (Å²) in [7, 11) is -2.53. The summed E-state index contributed by atoms with van der Waals surface area (Å²) < 4.78 is 30.2. The number of halogens is 2. The molecule has 9 heteroatoms. The van der Waals surface area contributed by atoms with Gasteiger partial charge in [0.15, 0.2) is 0 Å². The van der Waals surface area contributed by atoms with Crippen molar-refractivity contribution in [1.29, 1.82) is 0 Å². The van der Waals surface area contributed by atoms with Crippen molar-refractivity contribution in [3.8, 4) is 0 Å². The van der Waals surface area contributed by atoms with Crippen molar-refractivity contribution in [2.24, 2.45) is 0 Å². The zero-order valence-electron chi connectivity index (χ0n) is 12.6. The molecule has 0 saturated carbocycles. The van der Waals surface area contributed by atoms with Crippen molar-refractivity contribution >= 4 is 39.0 Å². The van der Waals surface area contributed by atoms with E-state index in [0.717, 1.165) is 4.31 Å². The molecule has 1 atom stereocenters. The van der Waals surface area contributed by atoms with Crippen molar-refractivity contribution in [1.82, 2.24) is 4.31 Å². The van der Waals surface area contributed by atoms with Crippen LogP contribution in [0.4, 0.5) is 0 Å². The molecule has 1 unspecified atom stereocenters. The molecule has 1 heterocycles. The number of ketones is 1. The van der Waals surface area contributed by atoms with Gasteiger partial charge in [-0.15, -0.1) is 0 Å². The van der Waals surface area contributed by atoms with Crippen LogP contribution in [-0.2, 0) is 25.2 Å². The first-order valence-electron chi connectivity index (χ1n) is 6.64. The van der Waals surface area contributed by atoms with Crippen LogP contribution < -0.4 is 0 Å². The Kier molecular flexibility index (Phi) is 4.58. The van der Waals surface area contributed by atoms with E-state index in [0.29, 0.717) is 0 Å². The number of aliphatic hydroxyl groups excluding tert-OH is 1. The minimum Gasteiger partial charge on any atom is -0.501 e. The van der Waals surface area contributed by atoms with E-state index < -0.39 is 33.0 Å². The van der Waals surface area contributed by atoms with Crippen LogP contribution in [-0.4, -0.2) is 36.4 Å². The third kappa shape index (κ3) is 2.77. The molecule has 23 heavy (non-hydrogen) atoms. The van der Waals surface area contributed by atoms with Gasteiger partial charge < -0.3 is 9.84 Å². The minimum absolute atomic E-state index is 0.164. The highest BCUT2D eigenvalue weighted by Crippen LogP contribution is 2.44. The predicted molar refractivity (Wildman–Crippen MR) is 86.8 cm³/mol. The molecule has 1 aromatic carbocycles. The summed E-state index contributed by atoms with van der Waals surface area (Å²) in [6, 6.07) is 4.64. The Bertz CT molecular complexity index is 785. The fourth-order valence-corrected chi connectivity index (χ4v) is 3.78. The zero-order valence-corrected chi connectivity index (χ0v) is 15.0. The molecule has 0 spiro atoms. The Labute approximate surface area is 144 Å². The van der Waals surface area contributed by atoms with E-state index in [-0.39, 0.29) is 21.4 Å². The fourth-order valence-electron chi connectivity index (χ4n) is 2.26. The molecule has 1 aliphatic rings. The average molecular weight is 380 g/mol. The van der Waals surface area contributed by atoms with Crippen LogP contribution in [0.1, 0.15) is 19.4 Å². The first-order chi connectivity index (χ1) is 10.6. The van der Waals surface area contributed by atoms with E-state index in [1.165, 1.54) is 33.0 Å². The van der Waals surface area contributed by atoms with Gasteiger partial charge in [-0.05, 0) is 26.0 Å². The molecule has 1 aliphatic heterocycles. The topological polar surface area (TPSA) is 83.9 Å². The summed E-state index contributed by atoms with van der Waals surface area (Å²) in [6.07, 6.45) is 0. The second-order valence-electron chi connectivity index (χ2n) is 5.08. The number of nitrogens with zero attached hydrogens (tertiary/aromatic N) is 1. The summed E-state index contributed by atoms with van der Waals surface area (Å²) in [5.74, 6) is -2.28. The van der Waals surface area contributed by atoms with Gasteiger partial charge in [-0.3, -0.25) is 4.79 Å². The Morgan fingerprint density at radius 1 is 1.30 bits per heavy atom. The van der Waals surface area contributed by atoms with Crippen LogP contribution >= 0.6 is 23.2 Å². The largest absolute Gasteiger partial charge is 0.501 e. The quantitative estimate of drug-likeness (QED) is 0.869. The number of rotatable bonds is 4. The Balaban J connectivity index is 2.55. The van der Waals surface area contributed by atoms with Gasteiger partial charge in [0.25, 0.3) is 11.7 Å². The SMILES string of the molecule is CCS(=O)(=O)N(C)C1=C(O)C(=O)C(C)(c2c(Cl)cccc2Cl)O1. The van der Waals surface area contributed by atoms with Crippen LogP contribution in [0.2, 0.25) is 10.0 Å². The summed E-state index contributed by atoms with van der Waals surface area (Å²) in [5, 5.41) is 10.4. The van der Waals surface area contributed by atoms with Crippen LogP contribution in [0.3, 0.4) is 0 Å². The maximum atomic E-state index is 12.5. The molecule has 1 aromatic rings. The highest BCUT2D eigenvalue weighted by atomic mass is 35.5. The molecule has 1 N–H and O–H groups in total. The zero-order chi connectivity index (χ0) is 17.6. The maximum absolute atomic E-state index is 12.5. The molecule has 126 valence electrons. The van der Waals surface area contributed by atoms with E-state index in [4.69, 9.17) is 27.9 Å². The molecule has 6 nitrogen and oxygen atoms in total. The van der Waals surface area contributed by atoms with Gasteiger partial charge in [-0.2, -0.15) is 0 Å². The standard InChI is InChI=1S/C14H15Cl2NO5S/c1-4-23(20,21)17(3)13-11(18)12(19)14(2,22-13)10-8(15)6-5-7-9(10)16/h5-7,18H,4H2,1-3H3. The highest BCUT2D eigenvalue weighted by Gasteiger charge is 2.51. The molecule has 2 rings (SSSR count). The van der Waals surface area contributed by atoms with Crippen LogP contribution in [0, 0.1) is 0 Å². The van der Waals surface area contributed by atoms with Gasteiger partial charge in [-0.1, -0.05) is 29.3 Å². The van der Waals surface area contributed by atoms with E-state index in [2.05, 4.69) is 0 Å². The van der Waals surface area contributed by atoms with Crippen molar-refractivity contribution < 1.29 is 23.1 Å². The van der Waals surface area contributed by atoms with Gasteiger partial charge in [0.05, 0.1) is 5.75 Å². The monoisotopic (exact) mass is 379 g/mol. The Morgan fingerprint density at radius 3 is 2.30 bits per heavy atom. The minimum atomic E-state index is -3.72. The number of carbonyl (C=O) groups excluding carboxylic acids is 1. The number of benzene rings is 1. The van der Waals surface area contributed by atoms with Crippen molar-refractivity contribution in [2.75, 3.05) is 12.8 Å². The molecular weight excluding hydrogens is 365 g/mol. The van der Waals surface area contributed by atoms with Crippen LogP contribution in [0.5, 0.6) is 0 Å². The van der Waals surface area contributed by atoms with Gasteiger partial charge in [0, 0.05) is 22.7 Å². The molecule has 0 amide bonds. The summed E-state index contributed by atoms with van der Waals surface area (Å²) in [4.78, 5) is 12.5. The van der Waals surface area contributed by atoms with Crippen LogP contribution in [0.15, 0.2) is 29.8 Å². The molecule has 0 aromatic heterocycles. The molecule has 0 fully saturated rings. The third-order valence-electron chi connectivity index (χ3n) is 3.66. The normalized spacial score (nSPS) is 21.5. The second-order valence-corrected chi connectivity index (χ2v) is 8.19. The smallest absolute Gasteiger partial charge is 0.251 e. The van der Waals surface area contributed by atoms with Crippen molar-refractivity contribution in [3.05, 3.63) is 45.5 Å². The van der Waals surface area contributed by atoms with E-state index in [9.17, 15) is 18.3 Å². The second kappa shape index (κ2) is 5.89. The molecule has 0 radical (unpaired) electrons. The van der Waals surface area contributed by atoms with Gasteiger partial charge >= 0.3 is 0 Å². The third-order valence-corrected chi connectivity index (χ3v) is 6.02. The van der Waals surface area contributed by atoms with Crippen LogP contribution in [0.25, 0.3) is 0 Å². The highest BCUT2D eigenvalue weighted by molar-refractivity contribution is 7.89. The molecular formula is C14H15Cl2NO5S. The lowest BCUT2D eigenvalue weighted by atomic mass is 9.91. The number of Topliss-reactive ketones (excluding diaryl/α,β-unsaturated/α-hetero) is 1. The molecule has 0 bridgehead atoms. The average Bonchev–Trinajstić information content (AvgIpc) is 2.71.